The van der Waals surface area contributed by atoms with Gasteiger partial charge in [0, 0.05) is 6.54 Å². The molecule has 0 aliphatic rings. The largest absolute Gasteiger partial charge is 0.391 e. The van der Waals surface area contributed by atoms with Crippen LogP contribution < -0.4 is 5.32 Å². The highest BCUT2D eigenvalue weighted by molar-refractivity contribution is 4.94. The Kier molecular flexibility index (Phi) is 4.42. The van der Waals surface area contributed by atoms with Crippen LogP contribution in [0.15, 0.2) is 11.8 Å². The summed E-state index contributed by atoms with van der Waals surface area (Å²) in [6, 6.07) is 0. The zero-order chi connectivity index (χ0) is 6.41. The molecule has 0 rings (SSSR count). The Morgan fingerprint density at radius 2 is 2.12 bits per heavy atom. The summed E-state index contributed by atoms with van der Waals surface area (Å²) in [4.78, 5) is 0. The van der Waals surface area contributed by atoms with E-state index in [0.717, 1.165) is 13.0 Å². The molecule has 1 N–H and O–H groups in total. The Balaban J connectivity index is 3.26. The van der Waals surface area contributed by atoms with Gasteiger partial charge in [0.1, 0.15) is 0 Å². The number of rotatable bonds is 3. The lowest BCUT2D eigenvalue weighted by Gasteiger charge is -1.95. The standard InChI is InChI=1S/C7H15N/c1-4-7(3)6-8-5-2/h6,8H,4-5H2,1-3H3/b7-6-. The van der Waals surface area contributed by atoms with E-state index in [1.807, 2.05) is 0 Å². The molecule has 0 fully saturated rings. The zero-order valence-corrected chi connectivity index (χ0v) is 5.99. The van der Waals surface area contributed by atoms with Gasteiger partial charge in [0.05, 0.1) is 0 Å². The molecule has 0 aliphatic carbocycles. The second-order valence-corrected chi connectivity index (χ2v) is 1.90. The molecule has 0 aliphatic heterocycles. The Labute approximate surface area is 51.8 Å². The Morgan fingerprint density at radius 3 is 2.50 bits per heavy atom. The minimum absolute atomic E-state index is 1.03. The van der Waals surface area contributed by atoms with Crippen molar-refractivity contribution in [3.8, 4) is 0 Å². The maximum Gasteiger partial charge on any atom is 0.0113 e. The zero-order valence-electron chi connectivity index (χ0n) is 5.99. The summed E-state index contributed by atoms with van der Waals surface area (Å²) in [6.45, 7) is 7.41. The predicted molar refractivity (Wildman–Crippen MR) is 37.7 cm³/mol. The van der Waals surface area contributed by atoms with Crippen molar-refractivity contribution in [3.05, 3.63) is 11.8 Å². The maximum absolute atomic E-state index is 3.14. The molecule has 0 unspecified atom stereocenters. The van der Waals surface area contributed by atoms with Gasteiger partial charge in [0.25, 0.3) is 0 Å². The fourth-order valence-corrected chi connectivity index (χ4v) is 0.378. The molecule has 0 aromatic heterocycles. The normalized spacial score (nSPS) is 11.6. The molecule has 0 saturated carbocycles. The second kappa shape index (κ2) is 4.69. The number of hydrogen-bond donors (Lipinski definition) is 1. The van der Waals surface area contributed by atoms with Gasteiger partial charge in [0.2, 0.25) is 0 Å². The summed E-state index contributed by atoms with van der Waals surface area (Å²) in [6.07, 6.45) is 3.22. The maximum atomic E-state index is 3.14. The van der Waals surface area contributed by atoms with Gasteiger partial charge in [-0.1, -0.05) is 12.5 Å². The average Bonchev–Trinajstić information content (AvgIpc) is 1.83. The fourth-order valence-electron chi connectivity index (χ4n) is 0.378. The van der Waals surface area contributed by atoms with Crippen LogP contribution in [-0.4, -0.2) is 6.54 Å². The van der Waals surface area contributed by atoms with Gasteiger partial charge in [-0.05, 0) is 26.5 Å². The van der Waals surface area contributed by atoms with Crippen molar-refractivity contribution < 1.29 is 0 Å². The SMILES string of the molecule is CCN/C=C(/C)CC. The minimum atomic E-state index is 1.03. The number of hydrogen-bond acceptors (Lipinski definition) is 1. The van der Waals surface area contributed by atoms with Crippen LogP contribution in [0, 0.1) is 0 Å². The molecular weight excluding hydrogens is 98.1 g/mol. The molecule has 1 nitrogen and oxygen atoms in total. The summed E-state index contributed by atoms with van der Waals surface area (Å²) in [7, 11) is 0. The molecule has 0 aromatic carbocycles. The van der Waals surface area contributed by atoms with E-state index in [-0.39, 0.29) is 0 Å². The molecule has 48 valence electrons. The van der Waals surface area contributed by atoms with Crippen molar-refractivity contribution in [2.24, 2.45) is 0 Å². The first kappa shape index (κ1) is 7.54. The Morgan fingerprint density at radius 1 is 1.50 bits per heavy atom. The highest BCUT2D eigenvalue weighted by atomic mass is 14.8. The van der Waals surface area contributed by atoms with Crippen molar-refractivity contribution in [1.82, 2.24) is 5.32 Å². The first-order valence-corrected chi connectivity index (χ1v) is 3.20. The summed E-state index contributed by atoms with van der Waals surface area (Å²) >= 11 is 0. The van der Waals surface area contributed by atoms with Crippen LogP contribution in [0.5, 0.6) is 0 Å². The van der Waals surface area contributed by atoms with Crippen molar-refractivity contribution in [3.63, 3.8) is 0 Å². The van der Waals surface area contributed by atoms with Crippen LogP contribution in [0.3, 0.4) is 0 Å². The lowest BCUT2D eigenvalue weighted by molar-refractivity contribution is 0.894. The van der Waals surface area contributed by atoms with Gasteiger partial charge in [-0.15, -0.1) is 0 Å². The monoisotopic (exact) mass is 113 g/mol. The first-order chi connectivity index (χ1) is 3.81. The molecular formula is C7H15N. The molecule has 0 heterocycles. The van der Waals surface area contributed by atoms with Crippen molar-refractivity contribution >= 4 is 0 Å². The molecule has 0 atom stereocenters. The van der Waals surface area contributed by atoms with Crippen LogP contribution in [0.2, 0.25) is 0 Å². The highest BCUT2D eigenvalue weighted by Gasteiger charge is 1.78. The summed E-state index contributed by atoms with van der Waals surface area (Å²) in [5, 5.41) is 3.14. The molecule has 0 amide bonds. The Bertz CT molecular complexity index is 74.5. The van der Waals surface area contributed by atoms with Gasteiger partial charge in [-0.3, -0.25) is 0 Å². The molecule has 1 heteroatoms. The molecule has 0 radical (unpaired) electrons. The van der Waals surface area contributed by atoms with Gasteiger partial charge >= 0.3 is 0 Å². The number of allylic oxidation sites excluding steroid dienone is 1. The molecule has 0 saturated heterocycles. The van der Waals surface area contributed by atoms with E-state index < -0.39 is 0 Å². The van der Waals surface area contributed by atoms with Gasteiger partial charge in [-0.25, -0.2) is 0 Å². The molecule has 0 bridgehead atoms. The predicted octanol–water partition coefficient (Wildman–Crippen LogP) is 1.91. The van der Waals surface area contributed by atoms with E-state index >= 15 is 0 Å². The van der Waals surface area contributed by atoms with Crippen LogP contribution in [-0.2, 0) is 0 Å². The third-order valence-electron chi connectivity index (χ3n) is 1.11. The molecule has 0 spiro atoms. The van der Waals surface area contributed by atoms with Crippen LogP contribution in [0.4, 0.5) is 0 Å². The van der Waals surface area contributed by atoms with Crippen molar-refractivity contribution in [2.45, 2.75) is 27.2 Å². The lowest BCUT2D eigenvalue weighted by Crippen LogP contribution is -2.02. The number of nitrogens with one attached hydrogen (secondary N) is 1. The Hall–Kier alpha value is -0.460. The highest BCUT2D eigenvalue weighted by Crippen LogP contribution is 1.93. The van der Waals surface area contributed by atoms with Crippen molar-refractivity contribution in [1.29, 1.82) is 0 Å². The first-order valence-electron chi connectivity index (χ1n) is 3.20. The van der Waals surface area contributed by atoms with Gasteiger partial charge in [0.15, 0.2) is 0 Å². The second-order valence-electron chi connectivity index (χ2n) is 1.90. The average molecular weight is 113 g/mol. The molecule has 8 heavy (non-hydrogen) atoms. The summed E-state index contributed by atoms with van der Waals surface area (Å²) < 4.78 is 0. The van der Waals surface area contributed by atoms with Crippen molar-refractivity contribution in [2.75, 3.05) is 6.54 Å². The van der Waals surface area contributed by atoms with Crippen LogP contribution in [0.1, 0.15) is 27.2 Å². The van der Waals surface area contributed by atoms with E-state index in [4.69, 9.17) is 0 Å². The van der Waals surface area contributed by atoms with E-state index in [1.54, 1.807) is 0 Å². The third-order valence-corrected chi connectivity index (χ3v) is 1.11. The topological polar surface area (TPSA) is 12.0 Å². The van der Waals surface area contributed by atoms with Gasteiger partial charge < -0.3 is 5.32 Å². The fraction of sp³-hybridized carbons (Fsp3) is 0.714. The summed E-state index contributed by atoms with van der Waals surface area (Å²) in [5.74, 6) is 0. The van der Waals surface area contributed by atoms with E-state index in [0.29, 0.717) is 0 Å². The van der Waals surface area contributed by atoms with Crippen LogP contribution >= 0.6 is 0 Å². The van der Waals surface area contributed by atoms with Crippen LogP contribution in [0.25, 0.3) is 0 Å². The molecule has 0 aromatic rings. The lowest BCUT2D eigenvalue weighted by atomic mass is 10.3. The smallest absolute Gasteiger partial charge is 0.0113 e. The van der Waals surface area contributed by atoms with E-state index in [9.17, 15) is 0 Å². The summed E-state index contributed by atoms with van der Waals surface area (Å²) in [5.41, 5.74) is 1.41. The quantitative estimate of drug-likeness (QED) is 0.589. The van der Waals surface area contributed by atoms with E-state index in [2.05, 4.69) is 32.3 Å². The van der Waals surface area contributed by atoms with E-state index in [1.165, 1.54) is 5.57 Å². The minimum Gasteiger partial charge on any atom is -0.391 e. The van der Waals surface area contributed by atoms with Gasteiger partial charge in [-0.2, -0.15) is 0 Å². The third kappa shape index (κ3) is 3.72.